The van der Waals surface area contributed by atoms with Gasteiger partial charge in [-0.25, -0.2) is 0 Å². The van der Waals surface area contributed by atoms with Crippen LogP contribution in [-0.4, -0.2) is 11.1 Å². The smallest absolute Gasteiger partial charge is 0.311 e. The van der Waals surface area contributed by atoms with Crippen LogP contribution in [0.5, 0.6) is 11.5 Å². The van der Waals surface area contributed by atoms with E-state index in [-0.39, 0.29) is 22.5 Å². The van der Waals surface area contributed by atoms with Crippen LogP contribution in [-0.2, 0) is 15.6 Å². The SMILES string of the molecule is CCCC(=O)Oc1ccc2c(c1)C(C)(c1ccc(O)cc1)CC2(C)C. The summed E-state index contributed by atoms with van der Waals surface area (Å²) in [6, 6.07) is 13.4. The van der Waals surface area contributed by atoms with E-state index in [2.05, 4.69) is 26.8 Å². The first kappa shape index (κ1) is 17.5. The molecule has 0 fully saturated rings. The molecule has 1 N–H and O–H groups in total. The van der Waals surface area contributed by atoms with Gasteiger partial charge in [0.05, 0.1) is 0 Å². The molecule has 0 saturated carbocycles. The standard InChI is InChI=1S/C22H26O3/c1-5-6-20(24)25-17-11-12-18-19(13-17)22(4,14-21(18,2)3)15-7-9-16(23)10-8-15/h7-13,23H,5-6,14H2,1-4H3. The molecule has 0 spiro atoms. The number of rotatable bonds is 4. The largest absolute Gasteiger partial charge is 0.508 e. The molecular formula is C22H26O3. The lowest BCUT2D eigenvalue weighted by Gasteiger charge is -2.28. The first-order valence-corrected chi connectivity index (χ1v) is 8.91. The number of phenols is 1. The van der Waals surface area contributed by atoms with E-state index in [0.717, 1.165) is 18.4 Å². The van der Waals surface area contributed by atoms with Gasteiger partial charge >= 0.3 is 5.97 Å². The van der Waals surface area contributed by atoms with E-state index in [1.54, 1.807) is 12.1 Å². The second-order valence-corrected chi connectivity index (χ2v) is 7.87. The highest BCUT2D eigenvalue weighted by molar-refractivity contribution is 5.72. The van der Waals surface area contributed by atoms with Gasteiger partial charge in [-0.2, -0.15) is 0 Å². The van der Waals surface area contributed by atoms with Gasteiger partial charge in [0.15, 0.2) is 0 Å². The van der Waals surface area contributed by atoms with Crippen LogP contribution < -0.4 is 4.74 Å². The second-order valence-electron chi connectivity index (χ2n) is 7.87. The Morgan fingerprint density at radius 3 is 2.40 bits per heavy atom. The van der Waals surface area contributed by atoms with Crippen LogP contribution in [0.25, 0.3) is 0 Å². The Bertz CT molecular complexity index is 789. The molecule has 1 unspecified atom stereocenters. The summed E-state index contributed by atoms with van der Waals surface area (Å²) < 4.78 is 5.52. The Labute approximate surface area is 149 Å². The van der Waals surface area contributed by atoms with Crippen molar-refractivity contribution in [1.82, 2.24) is 0 Å². The van der Waals surface area contributed by atoms with Crippen LogP contribution >= 0.6 is 0 Å². The monoisotopic (exact) mass is 338 g/mol. The predicted octanol–water partition coefficient (Wildman–Crippen LogP) is 5.09. The zero-order valence-electron chi connectivity index (χ0n) is 15.4. The van der Waals surface area contributed by atoms with Crippen LogP contribution in [0.2, 0.25) is 0 Å². The third kappa shape index (κ3) is 3.15. The van der Waals surface area contributed by atoms with Gasteiger partial charge in [-0.1, -0.05) is 45.9 Å². The van der Waals surface area contributed by atoms with Gasteiger partial charge in [-0.05, 0) is 59.2 Å². The normalized spacial score (nSPS) is 21.0. The minimum Gasteiger partial charge on any atom is -0.508 e. The van der Waals surface area contributed by atoms with Crippen LogP contribution in [0.4, 0.5) is 0 Å². The molecule has 1 atom stereocenters. The fourth-order valence-corrected chi connectivity index (χ4v) is 4.18. The first-order chi connectivity index (χ1) is 11.8. The summed E-state index contributed by atoms with van der Waals surface area (Å²) in [6.45, 7) is 8.69. The molecule has 1 aliphatic rings. The molecule has 0 saturated heterocycles. The zero-order chi connectivity index (χ0) is 18.2. The molecule has 0 heterocycles. The molecule has 25 heavy (non-hydrogen) atoms. The number of fused-ring (bicyclic) bond motifs is 1. The molecule has 0 amide bonds. The fourth-order valence-electron chi connectivity index (χ4n) is 4.18. The number of phenolic OH excluding ortho intramolecular Hbond substituents is 1. The highest BCUT2D eigenvalue weighted by Crippen LogP contribution is 2.53. The molecule has 0 bridgehead atoms. The Hall–Kier alpha value is -2.29. The zero-order valence-corrected chi connectivity index (χ0v) is 15.4. The number of benzene rings is 2. The lowest BCUT2D eigenvalue weighted by Crippen LogP contribution is -2.23. The maximum absolute atomic E-state index is 11.9. The average molecular weight is 338 g/mol. The van der Waals surface area contributed by atoms with Crippen molar-refractivity contribution in [2.75, 3.05) is 0 Å². The third-order valence-electron chi connectivity index (χ3n) is 5.30. The minimum atomic E-state index is -0.189. The van der Waals surface area contributed by atoms with Crippen LogP contribution in [0.1, 0.15) is 63.6 Å². The van der Waals surface area contributed by atoms with E-state index in [4.69, 9.17) is 4.74 Å². The molecule has 3 rings (SSSR count). The molecule has 2 aromatic rings. The second kappa shape index (κ2) is 6.21. The van der Waals surface area contributed by atoms with E-state index in [1.807, 2.05) is 31.2 Å². The predicted molar refractivity (Wildman–Crippen MR) is 99.2 cm³/mol. The molecule has 3 nitrogen and oxygen atoms in total. The highest BCUT2D eigenvalue weighted by Gasteiger charge is 2.45. The summed E-state index contributed by atoms with van der Waals surface area (Å²) in [7, 11) is 0. The number of hydrogen-bond donors (Lipinski definition) is 1. The van der Waals surface area contributed by atoms with Crippen molar-refractivity contribution in [3.05, 3.63) is 59.2 Å². The summed E-state index contributed by atoms with van der Waals surface area (Å²) in [5, 5.41) is 9.62. The lowest BCUT2D eigenvalue weighted by molar-refractivity contribution is -0.134. The maximum atomic E-state index is 11.9. The first-order valence-electron chi connectivity index (χ1n) is 8.91. The van der Waals surface area contributed by atoms with Crippen molar-refractivity contribution in [1.29, 1.82) is 0 Å². The van der Waals surface area contributed by atoms with Gasteiger partial charge in [0.25, 0.3) is 0 Å². The van der Waals surface area contributed by atoms with Gasteiger partial charge in [0.2, 0.25) is 0 Å². The van der Waals surface area contributed by atoms with Crippen molar-refractivity contribution >= 4 is 5.97 Å². The van der Waals surface area contributed by atoms with E-state index in [0.29, 0.717) is 12.2 Å². The van der Waals surface area contributed by atoms with Gasteiger partial charge in [0, 0.05) is 11.8 Å². The highest BCUT2D eigenvalue weighted by atomic mass is 16.5. The van der Waals surface area contributed by atoms with E-state index >= 15 is 0 Å². The molecule has 2 aromatic carbocycles. The minimum absolute atomic E-state index is 0.0356. The third-order valence-corrected chi connectivity index (χ3v) is 5.30. The number of carbonyl (C=O) groups excluding carboxylic acids is 1. The lowest BCUT2D eigenvalue weighted by atomic mass is 9.75. The summed E-state index contributed by atoms with van der Waals surface area (Å²) in [4.78, 5) is 11.9. The summed E-state index contributed by atoms with van der Waals surface area (Å²) in [6.07, 6.45) is 2.17. The Morgan fingerprint density at radius 2 is 1.76 bits per heavy atom. The molecule has 0 aromatic heterocycles. The topological polar surface area (TPSA) is 46.5 Å². The molecule has 0 radical (unpaired) electrons. The van der Waals surface area contributed by atoms with Crippen LogP contribution in [0.15, 0.2) is 42.5 Å². The Kier molecular flexibility index (Phi) is 4.36. The van der Waals surface area contributed by atoms with E-state index in [1.165, 1.54) is 11.1 Å². The van der Waals surface area contributed by atoms with Crippen molar-refractivity contribution in [3.63, 3.8) is 0 Å². The Morgan fingerprint density at radius 1 is 1.08 bits per heavy atom. The molecular weight excluding hydrogens is 312 g/mol. The van der Waals surface area contributed by atoms with Crippen LogP contribution in [0.3, 0.4) is 0 Å². The summed E-state index contributed by atoms with van der Waals surface area (Å²) in [5.41, 5.74) is 3.51. The maximum Gasteiger partial charge on any atom is 0.311 e. The van der Waals surface area contributed by atoms with Gasteiger partial charge < -0.3 is 9.84 Å². The number of esters is 1. The van der Waals surface area contributed by atoms with Crippen LogP contribution in [0, 0.1) is 0 Å². The van der Waals surface area contributed by atoms with E-state index in [9.17, 15) is 9.90 Å². The molecule has 132 valence electrons. The average Bonchev–Trinajstić information content (AvgIpc) is 2.75. The van der Waals surface area contributed by atoms with Gasteiger partial charge in [-0.3, -0.25) is 4.79 Å². The molecule has 3 heteroatoms. The number of aromatic hydroxyl groups is 1. The molecule has 1 aliphatic carbocycles. The number of hydrogen-bond acceptors (Lipinski definition) is 3. The van der Waals surface area contributed by atoms with Crippen molar-refractivity contribution in [3.8, 4) is 11.5 Å². The molecule has 0 aliphatic heterocycles. The summed E-state index contributed by atoms with van der Waals surface area (Å²) in [5.74, 6) is 0.693. The van der Waals surface area contributed by atoms with Gasteiger partial charge in [-0.15, -0.1) is 0 Å². The van der Waals surface area contributed by atoms with Crippen molar-refractivity contribution in [2.45, 2.75) is 57.8 Å². The quantitative estimate of drug-likeness (QED) is 0.624. The van der Waals surface area contributed by atoms with Gasteiger partial charge in [0.1, 0.15) is 11.5 Å². The van der Waals surface area contributed by atoms with Crippen molar-refractivity contribution < 1.29 is 14.6 Å². The van der Waals surface area contributed by atoms with Crippen molar-refractivity contribution in [2.24, 2.45) is 0 Å². The fraction of sp³-hybridized carbons (Fsp3) is 0.409. The van der Waals surface area contributed by atoms with E-state index < -0.39 is 0 Å². The number of ether oxygens (including phenoxy) is 1. The summed E-state index contributed by atoms with van der Waals surface area (Å²) >= 11 is 0. The number of carbonyl (C=O) groups is 1. The Balaban J connectivity index is 2.05.